The van der Waals surface area contributed by atoms with Crippen LogP contribution in [0.4, 0.5) is 0 Å². The van der Waals surface area contributed by atoms with Gasteiger partial charge in [-0.15, -0.1) is 0 Å². The zero-order valence-electron chi connectivity index (χ0n) is 19.7. The standard InChI is InChI=1S/C29H44/c1-22(2)20-28(29(3,4)5)26-16-12-23(13-17-26)10-8-6-7-9-11-24-14-15-25-18-19-27(25)21-24/h12-17,21-22,25,27-28H,6-11,18-20H2,1-5H3. The van der Waals surface area contributed by atoms with Crippen molar-refractivity contribution >= 4 is 0 Å². The molecule has 160 valence electrons. The summed E-state index contributed by atoms with van der Waals surface area (Å²) in [5, 5.41) is 0. The first-order valence-electron chi connectivity index (χ1n) is 12.3. The largest absolute Gasteiger partial charge is 0.0806 e. The maximum atomic E-state index is 2.57. The van der Waals surface area contributed by atoms with Gasteiger partial charge in [-0.05, 0) is 85.2 Å². The molecule has 0 N–H and O–H groups in total. The molecule has 0 bridgehead atoms. The van der Waals surface area contributed by atoms with Crippen molar-refractivity contribution in [1.82, 2.24) is 0 Å². The average Bonchev–Trinajstić information content (AvgIpc) is 2.64. The highest BCUT2D eigenvalue weighted by molar-refractivity contribution is 5.28. The van der Waals surface area contributed by atoms with Crippen LogP contribution in [0.5, 0.6) is 0 Å². The second kappa shape index (κ2) is 10.1. The molecule has 3 rings (SSSR count). The van der Waals surface area contributed by atoms with Crippen molar-refractivity contribution in [1.29, 1.82) is 0 Å². The third-order valence-electron chi connectivity index (χ3n) is 7.18. The van der Waals surface area contributed by atoms with Crippen molar-refractivity contribution in [3.8, 4) is 0 Å². The summed E-state index contributed by atoms with van der Waals surface area (Å²) in [7, 11) is 0. The highest BCUT2D eigenvalue weighted by Gasteiger charge is 2.29. The molecule has 1 fully saturated rings. The van der Waals surface area contributed by atoms with Crippen LogP contribution in [0.1, 0.15) is 103 Å². The Labute approximate surface area is 180 Å². The van der Waals surface area contributed by atoms with E-state index in [0.717, 1.165) is 17.8 Å². The summed E-state index contributed by atoms with van der Waals surface area (Å²) < 4.78 is 0. The van der Waals surface area contributed by atoms with Gasteiger partial charge in [-0.25, -0.2) is 0 Å². The number of unbranched alkanes of at least 4 members (excludes halogenated alkanes) is 3. The Balaban J connectivity index is 1.36. The molecule has 1 aromatic carbocycles. The summed E-state index contributed by atoms with van der Waals surface area (Å²) in [4.78, 5) is 0. The van der Waals surface area contributed by atoms with Crippen LogP contribution < -0.4 is 0 Å². The third-order valence-corrected chi connectivity index (χ3v) is 7.18. The smallest absolute Gasteiger partial charge is 0.0111 e. The summed E-state index contributed by atoms with van der Waals surface area (Å²) in [6, 6.07) is 9.59. The van der Waals surface area contributed by atoms with Crippen molar-refractivity contribution in [3.63, 3.8) is 0 Å². The molecule has 1 saturated carbocycles. The SMILES string of the molecule is CC(C)CC(c1ccc(CCCCCCC2=CC3CCC3C=C2)cc1)C(C)(C)C. The van der Waals surface area contributed by atoms with Gasteiger partial charge >= 0.3 is 0 Å². The molecule has 2 aliphatic carbocycles. The Hall–Kier alpha value is -1.30. The van der Waals surface area contributed by atoms with Crippen LogP contribution in [-0.2, 0) is 6.42 Å². The second-order valence-electron chi connectivity index (χ2n) is 11.2. The lowest BCUT2D eigenvalue weighted by Gasteiger charge is -2.35. The number of rotatable bonds is 10. The van der Waals surface area contributed by atoms with Gasteiger partial charge in [0.2, 0.25) is 0 Å². The first kappa shape index (κ1) is 22.4. The van der Waals surface area contributed by atoms with Gasteiger partial charge in [0, 0.05) is 0 Å². The second-order valence-corrected chi connectivity index (χ2v) is 11.2. The van der Waals surface area contributed by atoms with E-state index in [1.54, 1.807) is 5.57 Å². The number of allylic oxidation sites excluding steroid dienone is 4. The van der Waals surface area contributed by atoms with E-state index in [-0.39, 0.29) is 0 Å². The number of aryl methyl sites for hydroxylation is 1. The first-order chi connectivity index (χ1) is 13.8. The van der Waals surface area contributed by atoms with E-state index >= 15 is 0 Å². The van der Waals surface area contributed by atoms with Crippen LogP contribution in [-0.4, -0.2) is 0 Å². The maximum absolute atomic E-state index is 2.57. The molecule has 2 aliphatic rings. The first-order valence-corrected chi connectivity index (χ1v) is 12.3. The van der Waals surface area contributed by atoms with E-state index in [4.69, 9.17) is 0 Å². The van der Waals surface area contributed by atoms with Crippen LogP contribution in [0.15, 0.2) is 48.1 Å². The minimum atomic E-state index is 0.328. The number of benzene rings is 1. The van der Waals surface area contributed by atoms with Crippen molar-refractivity contribution in [2.45, 2.75) is 98.3 Å². The Bertz CT molecular complexity index is 680. The predicted molar refractivity (Wildman–Crippen MR) is 128 cm³/mol. The number of fused-ring (bicyclic) bond motifs is 1. The van der Waals surface area contributed by atoms with Crippen LogP contribution in [0.2, 0.25) is 0 Å². The Kier molecular flexibility index (Phi) is 7.83. The Morgan fingerprint density at radius 2 is 1.52 bits per heavy atom. The van der Waals surface area contributed by atoms with Gasteiger partial charge in [0.15, 0.2) is 0 Å². The van der Waals surface area contributed by atoms with Gasteiger partial charge < -0.3 is 0 Å². The lowest BCUT2D eigenvalue weighted by Crippen LogP contribution is -2.24. The highest BCUT2D eigenvalue weighted by Crippen LogP contribution is 2.41. The quantitative estimate of drug-likeness (QED) is 0.349. The van der Waals surface area contributed by atoms with E-state index in [1.165, 1.54) is 68.9 Å². The molecule has 0 heteroatoms. The van der Waals surface area contributed by atoms with Crippen LogP contribution in [0.25, 0.3) is 0 Å². The topological polar surface area (TPSA) is 0 Å². The lowest BCUT2D eigenvalue weighted by atomic mass is 9.70. The Morgan fingerprint density at radius 1 is 0.862 bits per heavy atom. The zero-order chi connectivity index (χ0) is 20.9. The molecule has 3 unspecified atom stereocenters. The van der Waals surface area contributed by atoms with Crippen LogP contribution in [0.3, 0.4) is 0 Å². The number of hydrogen-bond acceptors (Lipinski definition) is 0. The van der Waals surface area contributed by atoms with E-state index in [1.807, 2.05) is 0 Å². The monoisotopic (exact) mass is 392 g/mol. The van der Waals surface area contributed by atoms with Gasteiger partial charge in [0.25, 0.3) is 0 Å². The zero-order valence-corrected chi connectivity index (χ0v) is 19.7. The summed E-state index contributed by atoms with van der Waals surface area (Å²) in [5.74, 6) is 3.16. The third kappa shape index (κ3) is 6.59. The molecule has 0 amide bonds. The lowest BCUT2D eigenvalue weighted by molar-refractivity contribution is 0.280. The van der Waals surface area contributed by atoms with E-state index in [2.05, 4.69) is 77.1 Å². The minimum Gasteiger partial charge on any atom is -0.0806 e. The summed E-state index contributed by atoms with van der Waals surface area (Å²) in [6.45, 7) is 11.9. The fourth-order valence-corrected chi connectivity index (χ4v) is 5.13. The van der Waals surface area contributed by atoms with Gasteiger partial charge in [0.05, 0.1) is 0 Å². The van der Waals surface area contributed by atoms with Gasteiger partial charge in [0.1, 0.15) is 0 Å². The minimum absolute atomic E-state index is 0.328. The molecule has 0 spiro atoms. The molecule has 0 saturated heterocycles. The molecule has 0 radical (unpaired) electrons. The predicted octanol–water partition coefficient (Wildman–Crippen LogP) is 8.88. The van der Waals surface area contributed by atoms with Gasteiger partial charge in [-0.3, -0.25) is 0 Å². The van der Waals surface area contributed by atoms with Crippen LogP contribution >= 0.6 is 0 Å². The number of hydrogen-bond donors (Lipinski definition) is 0. The van der Waals surface area contributed by atoms with Crippen molar-refractivity contribution in [2.75, 3.05) is 0 Å². The molecular weight excluding hydrogens is 348 g/mol. The van der Waals surface area contributed by atoms with Crippen molar-refractivity contribution < 1.29 is 0 Å². The molecule has 0 aliphatic heterocycles. The van der Waals surface area contributed by atoms with Crippen LogP contribution in [0, 0.1) is 23.2 Å². The maximum Gasteiger partial charge on any atom is -0.0111 e. The molecule has 29 heavy (non-hydrogen) atoms. The van der Waals surface area contributed by atoms with E-state index in [9.17, 15) is 0 Å². The van der Waals surface area contributed by atoms with Crippen molar-refractivity contribution in [3.05, 3.63) is 59.2 Å². The molecule has 0 nitrogen and oxygen atoms in total. The Morgan fingerprint density at radius 3 is 2.07 bits per heavy atom. The molecule has 1 aromatic rings. The summed E-state index contributed by atoms with van der Waals surface area (Å²) in [5.41, 5.74) is 4.97. The summed E-state index contributed by atoms with van der Waals surface area (Å²) >= 11 is 0. The van der Waals surface area contributed by atoms with Crippen molar-refractivity contribution in [2.24, 2.45) is 23.2 Å². The fourth-order valence-electron chi connectivity index (χ4n) is 5.13. The molecule has 3 atom stereocenters. The summed E-state index contributed by atoms with van der Waals surface area (Å²) in [6.07, 6.45) is 19.5. The van der Waals surface area contributed by atoms with E-state index in [0.29, 0.717) is 11.3 Å². The average molecular weight is 393 g/mol. The molecular formula is C29H44. The van der Waals surface area contributed by atoms with E-state index < -0.39 is 0 Å². The highest BCUT2D eigenvalue weighted by atomic mass is 14.3. The fraction of sp³-hybridized carbons (Fsp3) is 0.655. The molecule has 0 heterocycles. The van der Waals surface area contributed by atoms with Gasteiger partial charge in [-0.1, -0.05) is 95.5 Å². The normalized spacial score (nSPS) is 22.2. The molecule has 0 aromatic heterocycles. The van der Waals surface area contributed by atoms with Gasteiger partial charge in [-0.2, -0.15) is 0 Å².